The number of rotatable bonds is 3. The minimum atomic E-state index is 0.296. The van der Waals surface area contributed by atoms with Gasteiger partial charge in [0.05, 0.1) is 12.1 Å². The van der Waals surface area contributed by atoms with Gasteiger partial charge in [-0.05, 0) is 36.7 Å². The standard InChI is InChI=1S/C11H14N4OS/c12-5-7-10(13)15-17-11(7)14-8-3-4-16-9(8)6-1-2-6/h6,8-9,14H,1-4H2,(H2,13,15). The smallest absolute Gasteiger partial charge is 0.157 e. The average Bonchev–Trinajstić information content (AvgIpc) is 2.97. The molecule has 2 heterocycles. The fraction of sp³-hybridized carbons (Fsp3) is 0.636. The predicted octanol–water partition coefficient (Wildman–Crippen LogP) is 1.58. The summed E-state index contributed by atoms with van der Waals surface area (Å²) in [4.78, 5) is 0. The van der Waals surface area contributed by atoms with E-state index in [4.69, 9.17) is 15.7 Å². The van der Waals surface area contributed by atoms with Gasteiger partial charge in [0.25, 0.3) is 0 Å². The number of hydrogen-bond acceptors (Lipinski definition) is 6. The lowest BCUT2D eigenvalue weighted by atomic mass is 10.1. The van der Waals surface area contributed by atoms with E-state index in [-0.39, 0.29) is 0 Å². The van der Waals surface area contributed by atoms with Crippen molar-refractivity contribution < 1.29 is 4.74 Å². The lowest BCUT2D eigenvalue weighted by molar-refractivity contribution is 0.0899. The zero-order chi connectivity index (χ0) is 11.8. The summed E-state index contributed by atoms with van der Waals surface area (Å²) >= 11 is 1.26. The summed E-state index contributed by atoms with van der Waals surface area (Å²) in [6, 6.07) is 2.40. The average molecular weight is 250 g/mol. The number of aromatic nitrogens is 1. The highest BCUT2D eigenvalue weighted by atomic mass is 32.1. The first kappa shape index (κ1) is 10.8. The van der Waals surface area contributed by atoms with Gasteiger partial charge in [-0.3, -0.25) is 0 Å². The summed E-state index contributed by atoms with van der Waals surface area (Å²) in [7, 11) is 0. The van der Waals surface area contributed by atoms with E-state index >= 15 is 0 Å². The molecule has 0 spiro atoms. The molecule has 1 saturated heterocycles. The summed E-state index contributed by atoms with van der Waals surface area (Å²) in [5.41, 5.74) is 6.11. The Bertz CT molecular complexity index is 463. The van der Waals surface area contributed by atoms with Gasteiger partial charge >= 0.3 is 0 Å². The van der Waals surface area contributed by atoms with Crippen LogP contribution in [0.15, 0.2) is 0 Å². The fourth-order valence-electron chi connectivity index (χ4n) is 2.33. The first-order chi connectivity index (χ1) is 8.29. The van der Waals surface area contributed by atoms with Crippen LogP contribution in [0.5, 0.6) is 0 Å². The maximum atomic E-state index is 9.01. The van der Waals surface area contributed by atoms with Crippen LogP contribution >= 0.6 is 11.5 Å². The van der Waals surface area contributed by atoms with Crippen LogP contribution in [0, 0.1) is 17.2 Å². The molecule has 1 aromatic heterocycles. The van der Waals surface area contributed by atoms with Crippen molar-refractivity contribution in [3.63, 3.8) is 0 Å². The Labute approximate surface area is 104 Å². The van der Waals surface area contributed by atoms with Crippen LogP contribution in [-0.4, -0.2) is 23.1 Å². The molecular weight excluding hydrogens is 236 g/mol. The van der Waals surface area contributed by atoms with Gasteiger partial charge in [-0.25, -0.2) is 0 Å². The van der Waals surface area contributed by atoms with Crippen molar-refractivity contribution in [1.82, 2.24) is 4.37 Å². The van der Waals surface area contributed by atoms with Crippen molar-refractivity contribution in [3.05, 3.63) is 5.56 Å². The van der Waals surface area contributed by atoms with Crippen molar-refractivity contribution in [1.29, 1.82) is 5.26 Å². The van der Waals surface area contributed by atoms with Gasteiger partial charge in [-0.2, -0.15) is 9.64 Å². The fourth-order valence-corrected chi connectivity index (χ4v) is 3.06. The molecule has 2 aliphatic rings. The lowest BCUT2D eigenvalue weighted by Gasteiger charge is -2.19. The summed E-state index contributed by atoms with van der Waals surface area (Å²) in [6.07, 6.45) is 3.81. The van der Waals surface area contributed by atoms with E-state index in [0.717, 1.165) is 18.0 Å². The molecule has 1 aliphatic heterocycles. The van der Waals surface area contributed by atoms with Crippen molar-refractivity contribution in [2.24, 2.45) is 5.92 Å². The molecule has 17 heavy (non-hydrogen) atoms. The number of nitrogens with zero attached hydrogens (tertiary/aromatic N) is 2. The molecule has 0 radical (unpaired) electrons. The molecule has 0 amide bonds. The molecular formula is C11H14N4OS. The molecule has 3 N–H and O–H groups in total. The Morgan fingerprint density at radius 2 is 2.29 bits per heavy atom. The molecule has 0 aromatic carbocycles. The third-order valence-electron chi connectivity index (χ3n) is 3.37. The second-order valence-electron chi connectivity index (χ2n) is 4.60. The molecule has 2 atom stereocenters. The van der Waals surface area contributed by atoms with Crippen molar-refractivity contribution >= 4 is 22.4 Å². The van der Waals surface area contributed by atoms with E-state index in [0.29, 0.717) is 29.4 Å². The Morgan fingerprint density at radius 3 is 3.00 bits per heavy atom. The number of ether oxygens (including phenoxy) is 1. The highest BCUT2D eigenvalue weighted by molar-refractivity contribution is 7.10. The molecule has 3 rings (SSSR count). The van der Waals surface area contributed by atoms with E-state index in [1.807, 2.05) is 0 Å². The number of hydrogen-bond donors (Lipinski definition) is 2. The summed E-state index contributed by atoms with van der Waals surface area (Å²) in [6.45, 7) is 0.801. The number of anilines is 2. The molecule has 5 nitrogen and oxygen atoms in total. The van der Waals surface area contributed by atoms with Gasteiger partial charge in [0, 0.05) is 6.61 Å². The van der Waals surface area contributed by atoms with Crippen LogP contribution in [0.2, 0.25) is 0 Å². The van der Waals surface area contributed by atoms with E-state index in [1.54, 1.807) is 0 Å². The van der Waals surface area contributed by atoms with E-state index < -0.39 is 0 Å². The highest BCUT2D eigenvalue weighted by Gasteiger charge is 2.41. The van der Waals surface area contributed by atoms with Crippen LogP contribution in [0.3, 0.4) is 0 Å². The van der Waals surface area contributed by atoms with Gasteiger partial charge in [0.1, 0.15) is 16.6 Å². The van der Waals surface area contributed by atoms with Gasteiger partial charge < -0.3 is 15.8 Å². The SMILES string of the molecule is N#Cc1c(N)nsc1NC1CCOC1C1CC1. The van der Waals surface area contributed by atoms with Crippen LogP contribution in [0.25, 0.3) is 0 Å². The minimum absolute atomic E-state index is 0.296. The third kappa shape index (κ3) is 1.96. The number of nitriles is 1. The largest absolute Gasteiger partial charge is 0.382 e. The highest BCUT2D eigenvalue weighted by Crippen LogP contribution is 2.40. The van der Waals surface area contributed by atoms with Crippen LogP contribution in [-0.2, 0) is 4.74 Å². The Balaban J connectivity index is 1.75. The van der Waals surface area contributed by atoms with Crippen LogP contribution < -0.4 is 11.1 Å². The van der Waals surface area contributed by atoms with E-state index in [9.17, 15) is 0 Å². The lowest BCUT2D eigenvalue weighted by Crippen LogP contribution is -2.30. The molecule has 6 heteroatoms. The van der Waals surface area contributed by atoms with Gasteiger partial charge in [0.15, 0.2) is 5.82 Å². The van der Waals surface area contributed by atoms with Gasteiger partial charge in [0.2, 0.25) is 0 Å². The molecule has 2 unspecified atom stereocenters. The minimum Gasteiger partial charge on any atom is -0.382 e. The Morgan fingerprint density at radius 1 is 1.47 bits per heavy atom. The third-order valence-corrected chi connectivity index (χ3v) is 4.16. The summed E-state index contributed by atoms with van der Waals surface area (Å²) in [5.74, 6) is 1.02. The summed E-state index contributed by atoms with van der Waals surface area (Å²) in [5, 5.41) is 13.2. The monoisotopic (exact) mass is 250 g/mol. The second-order valence-corrected chi connectivity index (χ2v) is 5.37. The van der Waals surface area contributed by atoms with Crippen LogP contribution in [0.4, 0.5) is 10.8 Å². The van der Waals surface area contributed by atoms with Crippen molar-refractivity contribution in [3.8, 4) is 6.07 Å². The van der Waals surface area contributed by atoms with Gasteiger partial charge in [-0.15, -0.1) is 0 Å². The van der Waals surface area contributed by atoms with Crippen molar-refractivity contribution in [2.75, 3.05) is 17.7 Å². The van der Waals surface area contributed by atoms with Crippen molar-refractivity contribution in [2.45, 2.75) is 31.4 Å². The Hall–Kier alpha value is -1.32. The zero-order valence-electron chi connectivity index (χ0n) is 9.35. The second kappa shape index (κ2) is 4.17. The maximum Gasteiger partial charge on any atom is 0.157 e. The molecule has 1 aliphatic carbocycles. The molecule has 0 bridgehead atoms. The zero-order valence-corrected chi connectivity index (χ0v) is 10.2. The number of nitrogens with one attached hydrogen (secondary N) is 1. The predicted molar refractivity (Wildman–Crippen MR) is 65.7 cm³/mol. The molecule has 2 fully saturated rings. The molecule has 1 saturated carbocycles. The quantitative estimate of drug-likeness (QED) is 0.850. The molecule has 1 aromatic rings. The van der Waals surface area contributed by atoms with E-state index in [2.05, 4.69) is 15.8 Å². The normalized spacial score (nSPS) is 27.9. The number of nitrogens with two attached hydrogens (primary N) is 1. The summed E-state index contributed by atoms with van der Waals surface area (Å²) < 4.78 is 9.76. The van der Waals surface area contributed by atoms with Crippen LogP contribution in [0.1, 0.15) is 24.8 Å². The maximum absolute atomic E-state index is 9.01. The topological polar surface area (TPSA) is 84.0 Å². The van der Waals surface area contributed by atoms with E-state index in [1.165, 1.54) is 24.4 Å². The first-order valence-electron chi connectivity index (χ1n) is 5.83. The Kier molecular flexibility index (Phi) is 2.65. The van der Waals surface area contributed by atoms with Gasteiger partial charge in [-0.1, -0.05) is 0 Å². The first-order valence-corrected chi connectivity index (χ1v) is 6.60. The molecule has 90 valence electrons. The number of nitrogen functional groups attached to an aromatic ring is 1.